The van der Waals surface area contributed by atoms with Crippen molar-refractivity contribution in [2.45, 2.75) is 51.2 Å². The molecule has 0 saturated carbocycles. The zero-order valence-electron chi connectivity index (χ0n) is 16.2. The molecule has 1 aliphatic heterocycles. The number of hydrogen-bond acceptors (Lipinski definition) is 6. The van der Waals surface area contributed by atoms with Gasteiger partial charge in [0, 0.05) is 17.5 Å². The Morgan fingerprint density at radius 1 is 1.33 bits per heavy atom. The van der Waals surface area contributed by atoms with E-state index in [0.29, 0.717) is 13.0 Å². The fourth-order valence-electron chi connectivity index (χ4n) is 3.23. The van der Waals surface area contributed by atoms with Crippen LogP contribution >= 0.6 is 11.8 Å². The highest BCUT2D eigenvalue weighted by molar-refractivity contribution is 8.00. The smallest absolute Gasteiger partial charge is 0.317 e. The van der Waals surface area contributed by atoms with E-state index >= 15 is 0 Å². The topological polar surface area (TPSA) is 80.8 Å². The number of rotatable bonds is 7. The van der Waals surface area contributed by atoms with Gasteiger partial charge in [-0.3, -0.25) is 9.59 Å². The van der Waals surface area contributed by atoms with Gasteiger partial charge in [-0.25, -0.2) is 8.42 Å². The quantitative estimate of drug-likeness (QED) is 0.504. The largest absolute Gasteiger partial charge is 0.452 e. The van der Waals surface area contributed by atoms with E-state index < -0.39 is 21.9 Å². The monoisotopic (exact) mass is 413 g/mol. The second kappa shape index (κ2) is 9.10. The molecule has 0 spiro atoms. The van der Waals surface area contributed by atoms with Crippen molar-refractivity contribution in [2.24, 2.45) is 0 Å². The number of sulfone groups is 1. The molecule has 2 atom stereocenters. The Morgan fingerprint density at radius 2 is 2.04 bits per heavy atom. The zero-order valence-corrected chi connectivity index (χ0v) is 17.9. The number of nitrogens with zero attached hydrogens (tertiary/aromatic N) is 1. The molecule has 1 aromatic rings. The van der Waals surface area contributed by atoms with Gasteiger partial charge in [0.05, 0.1) is 17.3 Å². The Kier molecular flexibility index (Phi) is 7.33. The summed E-state index contributed by atoms with van der Waals surface area (Å²) in [6.07, 6.45) is -0.494. The number of benzene rings is 1. The lowest BCUT2D eigenvalue weighted by molar-refractivity contribution is -0.157. The summed E-state index contributed by atoms with van der Waals surface area (Å²) < 4.78 is 28.6. The van der Waals surface area contributed by atoms with Gasteiger partial charge >= 0.3 is 5.97 Å². The molecule has 0 unspecified atom stereocenters. The van der Waals surface area contributed by atoms with E-state index in [9.17, 15) is 18.0 Å². The molecule has 6 nitrogen and oxygen atoms in total. The maximum absolute atomic E-state index is 12.6. The highest BCUT2D eigenvalue weighted by atomic mass is 32.2. The van der Waals surface area contributed by atoms with Crippen LogP contribution in [0.25, 0.3) is 0 Å². The molecule has 2 rings (SSSR count). The molecule has 0 bridgehead atoms. The van der Waals surface area contributed by atoms with E-state index in [1.54, 1.807) is 6.92 Å². The molecule has 150 valence electrons. The molecule has 1 amide bonds. The third kappa shape index (κ3) is 5.97. The molecule has 0 aliphatic carbocycles. The van der Waals surface area contributed by atoms with Gasteiger partial charge in [0.15, 0.2) is 15.9 Å². The number of carbonyl (C=O) groups excluding carboxylic acids is 2. The number of esters is 1. The minimum absolute atomic E-state index is 0.0181. The van der Waals surface area contributed by atoms with E-state index in [1.165, 1.54) is 23.6 Å². The summed E-state index contributed by atoms with van der Waals surface area (Å²) in [4.78, 5) is 27.3. The maximum Gasteiger partial charge on any atom is 0.317 e. The third-order valence-corrected chi connectivity index (χ3v) is 7.50. The van der Waals surface area contributed by atoms with E-state index in [4.69, 9.17) is 4.74 Å². The van der Waals surface area contributed by atoms with Crippen molar-refractivity contribution in [1.29, 1.82) is 0 Å². The highest BCUT2D eigenvalue weighted by Crippen LogP contribution is 2.24. The summed E-state index contributed by atoms with van der Waals surface area (Å²) in [5.41, 5.74) is 2.25. The minimum atomic E-state index is -3.08. The van der Waals surface area contributed by atoms with Crippen LogP contribution in [0.4, 0.5) is 0 Å². The first-order chi connectivity index (χ1) is 12.6. The number of thioether (sulfide) groups is 1. The van der Waals surface area contributed by atoms with Gasteiger partial charge in [-0.1, -0.05) is 17.7 Å². The van der Waals surface area contributed by atoms with Crippen LogP contribution in [0.5, 0.6) is 0 Å². The molecule has 1 fully saturated rings. The van der Waals surface area contributed by atoms with E-state index in [0.717, 1.165) is 16.0 Å². The van der Waals surface area contributed by atoms with Crippen LogP contribution in [0.15, 0.2) is 23.1 Å². The van der Waals surface area contributed by atoms with Crippen molar-refractivity contribution < 1.29 is 22.7 Å². The van der Waals surface area contributed by atoms with Gasteiger partial charge in [0.1, 0.15) is 0 Å². The summed E-state index contributed by atoms with van der Waals surface area (Å²) in [7, 11) is -3.08. The summed E-state index contributed by atoms with van der Waals surface area (Å²) in [5.74, 6) is -0.607. The maximum atomic E-state index is 12.6. The SMILES string of the molecule is CCN(C(=O)[C@H](C)OC(=O)CSc1ccc(C)cc1C)[C@H]1CCS(=O)(=O)C1. The molecule has 0 radical (unpaired) electrons. The van der Waals surface area contributed by atoms with Gasteiger partial charge in [-0.2, -0.15) is 0 Å². The summed E-state index contributed by atoms with van der Waals surface area (Å²) in [6.45, 7) is 7.72. The fraction of sp³-hybridized carbons (Fsp3) is 0.579. The van der Waals surface area contributed by atoms with Crippen molar-refractivity contribution in [1.82, 2.24) is 4.90 Å². The standard InChI is InChI=1S/C19H27NO5S2/c1-5-20(16-8-9-27(23,24)12-16)19(22)15(4)25-18(21)11-26-17-7-6-13(2)10-14(17)3/h6-7,10,15-16H,5,8-9,11-12H2,1-4H3/t15-,16-/m0/s1. The second-order valence-corrected chi connectivity index (χ2v) is 10.1. The molecule has 8 heteroatoms. The van der Waals surface area contributed by atoms with Gasteiger partial charge in [0.25, 0.3) is 5.91 Å². The van der Waals surface area contributed by atoms with Gasteiger partial charge in [-0.15, -0.1) is 11.8 Å². The lowest BCUT2D eigenvalue weighted by Crippen LogP contribution is -2.46. The summed E-state index contributed by atoms with van der Waals surface area (Å²) >= 11 is 1.38. The molecule has 0 aromatic heterocycles. The van der Waals surface area contributed by atoms with E-state index in [2.05, 4.69) is 6.07 Å². The van der Waals surface area contributed by atoms with Crippen LogP contribution in [0.1, 0.15) is 31.4 Å². The normalized spacial score (nSPS) is 19.5. The van der Waals surface area contributed by atoms with E-state index in [1.807, 2.05) is 26.0 Å². The molecule has 1 heterocycles. The van der Waals surface area contributed by atoms with Crippen LogP contribution in [0.3, 0.4) is 0 Å². The number of likely N-dealkylation sites (N-methyl/N-ethyl adjacent to an activating group) is 1. The molecule has 27 heavy (non-hydrogen) atoms. The summed E-state index contributed by atoms with van der Waals surface area (Å²) in [6, 6.07) is 5.67. The van der Waals surface area contributed by atoms with E-state index in [-0.39, 0.29) is 29.2 Å². The predicted octanol–water partition coefficient (Wildman–Crippen LogP) is 2.36. The number of ether oxygens (including phenoxy) is 1. The molecule has 1 saturated heterocycles. The first kappa shape index (κ1) is 21.8. The number of hydrogen-bond donors (Lipinski definition) is 0. The Bertz CT molecular complexity index is 806. The second-order valence-electron chi connectivity index (χ2n) is 6.87. The highest BCUT2D eigenvalue weighted by Gasteiger charge is 2.36. The number of aryl methyl sites for hydroxylation is 2. The van der Waals surface area contributed by atoms with Crippen molar-refractivity contribution in [3.63, 3.8) is 0 Å². The average molecular weight is 414 g/mol. The predicted molar refractivity (Wildman–Crippen MR) is 107 cm³/mol. The Balaban J connectivity index is 1.89. The van der Waals surface area contributed by atoms with Crippen LogP contribution < -0.4 is 0 Å². The van der Waals surface area contributed by atoms with Crippen molar-refractivity contribution >= 4 is 33.5 Å². The van der Waals surface area contributed by atoms with Crippen molar-refractivity contribution in [2.75, 3.05) is 23.8 Å². The zero-order chi connectivity index (χ0) is 20.2. The number of carbonyl (C=O) groups is 2. The molecular formula is C19H27NO5S2. The Labute approximate surface area is 165 Å². The van der Waals surface area contributed by atoms with Crippen molar-refractivity contribution in [3.8, 4) is 0 Å². The first-order valence-corrected chi connectivity index (χ1v) is 11.8. The Hall–Kier alpha value is -1.54. The first-order valence-electron chi connectivity index (χ1n) is 9.03. The van der Waals surface area contributed by atoms with Crippen molar-refractivity contribution in [3.05, 3.63) is 29.3 Å². The van der Waals surface area contributed by atoms with Gasteiger partial charge < -0.3 is 9.64 Å². The average Bonchev–Trinajstić information content (AvgIpc) is 2.94. The van der Waals surface area contributed by atoms with Crippen LogP contribution in [-0.4, -0.2) is 61.1 Å². The van der Waals surface area contributed by atoms with Gasteiger partial charge in [-0.05, 0) is 45.7 Å². The van der Waals surface area contributed by atoms with Crippen LogP contribution in [-0.2, 0) is 24.2 Å². The molecule has 1 aromatic carbocycles. The lowest BCUT2D eigenvalue weighted by atomic mass is 10.2. The fourth-order valence-corrected chi connectivity index (χ4v) is 5.75. The lowest BCUT2D eigenvalue weighted by Gasteiger charge is -2.29. The van der Waals surface area contributed by atoms with Gasteiger partial charge in [0.2, 0.25) is 0 Å². The molecule has 0 N–H and O–H groups in total. The minimum Gasteiger partial charge on any atom is -0.452 e. The number of amides is 1. The third-order valence-electron chi connectivity index (χ3n) is 4.60. The van der Waals surface area contributed by atoms with Crippen LogP contribution in [0, 0.1) is 13.8 Å². The molecule has 1 aliphatic rings. The summed E-state index contributed by atoms with van der Waals surface area (Å²) in [5, 5.41) is 0. The Morgan fingerprint density at radius 3 is 2.59 bits per heavy atom. The molecular weight excluding hydrogens is 386 g/mol. The van der Waals surface area contributed by atoms with Crippen LogP contribution in [0.2, 0.25) is 0 Å².